The summed E-state index contributed by atoms with van der Waals surface area (Å²) >= 11 is 1.28. The van der Waals surface area contributed by atoms with Gasteiger partial charge in [-0.2, -0.15) is 0 Å². The van der Waals surface area contributed by atoms with Crippen LogP contribution in [0.5, 0.6) is 0 Å². The molecule has 1 fully saturated rings. The first-order valence-corrected chi connectivity index (χ1v) is 6.89. The molecule has 102 valence electrons. The van der Waals surface area contributed by atoms with Gasteiger partial charge < -0.3 is 10.0 Å². The number of anilines is 1. The molecular weight excluding hydrogens is 278 g/mol. The lowest BCUT2D eigenvalue weighted by Gasteiger charge is -2.16. The van der Waals surface area contributed by atoms with Crippen molar-refractivity contribution in [2.45, 2.75) is 6.42 Å². The molecule has 0 bridgehead atoms. The molecule has 1 aromatic heterocycles. The summed E-state index contributed by atoms with van der Waals surface area (Å²) in [5, 5.41) is 14.8. The second-order valence-corrected chi connectivity index (χ2v) is 5.19. The van der Waals surface area contributed by atoms with Gasteiger partial charge in [0, 0.05) is 29.6 Å². The second-order valence-electron chi connectivity index (χ2n) is 4.58. The maximum Gasteiger partial charge on any atom is 0.308 e. The van der Waals surface area contributed by atoms with Crippen molar-refractivity contribution in [2.24, 2.45) is 5.92 Å². The van der Waals surface area contributed by atoms with Crippen molar-refractivity contribution in [3.05, 3.63) is 29.6 Å². The van der Waals surface area contributed by atoms with Crippen molar-refractivity contribution < 1.29 is 14.7 Å². The molecular formula is C13H11N3O3S. The molecule has 1 N–H and O–H groups in total. The number of hydrogen-bond donors (Lipinski definition) is 1. The standard InChI is InChI=1S/C13H11N3O3S/c17-12-5-9(13(18)19)6-16(12)10-3-1-8(2-4-10)11-7-20-15-14-11/h1-4,7,9H,5-6H2,(H,18,19)/t9-/m1/s1. The highest BCUT2D eigenvalue weighted by Gasteiger charge is 2.34. The van der Waals surface area contributed by atoms with E-state index in [-0.39, 0.29) is 18.9 Å². The van der Waals surface area contributed by atoms with Crippen molar-refractivity contribution in [3.8, 4) is 11.3 Å². The third-order valence-electron chi connectivity index (χ3n) is 3.31. The lowest BCUT2D eigenvalue weighted by atomic mass is 10.1. The SMILES string of the molecule is O=C(O)[C@@H]1CC(=O)N(c2ccc(-c3csnn3)cc2)C1. The molecule has 0 aliphatic carbocycles. The predicted molar refractivity (Wildman–Crippen MR) is 73.4 cm³/mol. The molecule has 1 aliphatic heterocycles. The Kier molecular flexibility index (Phi) is 3.19. The minimum absolute atomic E-state index is 0.0626. The molecule has 3 rings (SSSR count). The van der Waals surface area contributed by atoms with E-state index >= 15 is 0 Å². The smallest absolute Gasteiger partial charge is 0.308 e. The highest BCUT2D eigenvalue weighted by molar-refractivity contribution is 7.03. The van der Waals surface area contributed by atoms with Crippen molar-refractivity contribution in [1.29, 1.82) is 0 Å². The molecule has 1 amide bonds. The van der Waals surface area contributed by atoms with E-state index in [1.54, 1.807) is 12.1 Å². The molecule has 20 heavy (non-hydrogen) atoms. The van der Waals surface area contributed by atoms with Crippen molar-refractivity contribution in [2.75, 3.05) is 11.4 Å². The molecule has 0 unspecified atom stereocenters. The molecule has 1 aromatic carbocycles. The first-order valence-electron chi connectivity index (χ1n) is 6.06. The minimum atomic E-state index is -0.925. The quantitative estimate of drug-likeness (QED) is 0.928. The highest BCUT2D eigenvalue weighted by atomic mass is 32.1. The number of aliphatic carboxylic acids is 1. The number of nitrogens with zero attached hydrogens (tertiary/aromatic N) is 3. The minimum Gasteiger partial charge on any atom is -0.481 e. The third-order valence-corrected chi connectivity index (χ3v) is 3.81. The lowest BCUT2D eigenvalue weighted by molar-refractivity contribution is -0.141. The molecule has 0 spiro atoms. The zero-order chi connectivity index (χ0) is 14.1. The van der Waals surface area contributed by atoms with Crippen LogP contribution in [-0.2, 0) is 9.59 Å². The average Bonchev–Trinajstić information content (AvgIpc) is 3.08. The zero-order valence-corrected chi connectivity index (χ0v) is 11.2. The van der Waals surface area contributed by atoms with Crippen LogP contribution in [0.1, 0.15) is 6.42 Å². The summed E-state index contributed by atoms with van der Waals surface area (Å²) in [6.45, 7) is 0.228. The van der Waals surface area contributed by atoms with Gasteiger partial charge in [0.15, 0.2) is 0 Å². The fourth-order valence-electron chi connectivity index (χ4n) is 2.23. The van der Waals surface area contributed by atoms with Gasteiger partial charge in [-0.25, -0.2) is 0 Å². The van der Waals surface area contributed by atoms with Crippen LogP contribution < -0.4 is 4.90 Å². The van der Waals surface area contributed by atoms with Gasteiger partial charge in [-0.3, -0.25) is 9.59 Å². The summed E-state index contributed by atoms with van der Waals surface area (Å²) in [5.74, 6) is -1.70. The van der Waals surface area contributed by atoms with E-state index in [4.69, 9.17) is 5.11 Å². The summed E-state index contributed by atoms with van der Waals surface area (Å²) in [4.78, 5) is 24.3. The number of hydrogen-bond acceptors (Lipinski definition) is 5. The Balaban J connectivity index is 1.82. The topological polar surface area (TPSA) is 83.4 Å². The molecule has 2 aromatic rings. The number of benzene rings is 1. The maximum atomic E-state index is 11.8. The maximum absolute atomic E-state index is 11.8. The van der Waals surface area contributed by atoms with Crippen LogP contribution in [0.4, 0.5) is 5.69 Å². The van der Waals surface area contributed by atoms with E-state index < -0.39 is 11.9 Å². The molecule has 1 aliphatic rings. The first kappa shape index (κ1) is 12.7. The largest absolute Gasteiger partial charge is 0.481 e. The van der Waals surface area contributed by atoms with E-state index in [2.05, 4.69) is 9.59 Å². The fourth-order valence-corrected chi connectivity index (χ4v) is 2.69. The van der Waals surface area contributed by atoms with Crippen LogP contribution in [0, 0.1) is 5.92 Å². The van der Waals surface area contributed by atoms with Crippen LogP contribution in [0.15, 0.2) is 29.6 Å². The fraction of sp³-hybridized carbons (Fsp3) is 0.231. The van der Waals surface area contributed by atoms with Crippen LogP contribution in [-0.4, -0.2) is 33.1 Å². The molecule has 0 saturated carbocycles. The van der Waals surface area contributed by atoms with Gasteiger partial charge in [-0.15, -0.1) is 5.10 Å². The summed E-state index contributed by atoms with van der Waals surface area (Å²) in [7, 11) is 0. The van der Waals surface area contributed by atoms with Gasteiger partial charge >= 0.3 is 5.97 Å². The number of carbonyl (C=O) groups excluding carboxylic acids is 1. The number of carboxylic acid groups (broad SMARTS) is 1. The molecule has 1 saturated heterocycles. The average molecular weight is 289 g/mol. The first-order chi connectivity index (χ1) is 9.65. The second kappa shape index (κ2) is 5.01. The van der Waals surface area contributed by atoms with Gasteiger partial charge in [0.1, 0.15) is 5.69 Å². The Hall–Kier alpha value is -2.28. The van der Waals surface area contributed by atoms with Gasteiger partial charge in [0.25, 0.3) is 0 Å². The van der Waals surface area contributed by atoms with Crippen LogP contribution in [0.2, 0.25) is 0 Å². The summed E-state index contributed by atoms with van der Waals surface area (Å²) < 4.78 is 3.80. The Morgan fingerprint density at radius 3 is 2.65 bits per heavy atom. The lowest BCUT2D eigenvalue weighted by Crippen LogP contribution is -2.25. The van der Waals surface area contributed by atoms with Crippen LogP contribution >= 0.6 is 11.5 Å². The Morgan fingerprint density at radius 1 is 1.35 bits per heavy atom. The monoisotopic (exact) mass is 289 g/mol. The zero-order valence-electron chi connectivity index (χ0n) is 10.4. The number of amides is 1. The van der Waals surface area contributed by atoms with E-state index in [0.717, 1.165) is 11.3 Å². The number of aromatic nitrogens is 2. The highest BCUT2D eigenvalue weighted by Crippen LogP contribution is 2.27. The third kappa shape index (κ3) is 2.27. The molecule has 0 radical (unpaired) electrons. The Morgan fingerprint density at radius 2 is 2.10 bits per heavy atom. The van der Waals surface area contributed by atoms with E-state index in [0.29, 0.717) is 5.69 Å². The van der Waals surface area contributed by atoms with Crippen LogP contribution in [0.25, 0.3) is 11.3 Å². The van der Waals surface area contributed by atoms with Gasteiger partial charge in [-0.05, 0) is 23.7 Å². The van der Waals surface area contributed by atoms with E-state index in [1.807, 2.05) is 17.5 Å². The van der Waals surface area contributed by atoms with E-state index in [1.165, 1.54) is 16.4 Å². The Bertz CT molecular complexity index is 639. The molecule has 6 nitrogen and oxygen atoms in total. The Labute approximate surface area is 118 Å². The van der Waals surface area contributed by atoms with E-state index in [9.17, 15) is 9.59 Å². The summed E-state index contributed by atoms with van der Waals surface area (Å²) in [6, 6.07) is 7.31. The van der Waals surface area contributed by atoms with Crippen molar-refractivity contribution in [3.63, 3.8) is 0 Å². The van der Waals surface area contributed by atoms with Crippen molar-refractivity contribution >= 4 is 29.1 Å². The normalized spacial score (nSPS) is 18.5. The predicted octanol–water partition coefficient (Wildman–Crippen LogP) is 1.64. The van der Waals surface area contributed by atoms with Gasteiger partial charge in [0.05, 0.1) is 5.92 Å². The van der Waals surface area contributed by atoms with Crippen LogP contribution in [0.3, 0.4) is 0 Å². The van der Waals surface area contributed by atoms with Gasteiger partial charge in [-0.1, -0.05) is 16.6 Å². The summed E-state index contributed by atoms with van der Waals surface area (Å²) in [6.07, 6.45) is 0.0626. The number of carboxylic acids is 1. The van der Waals surface area contributed by atoms with Gasteiger partial charge in [0.2, 0.25) is 5.91 Å². The number of rotatable bonds is 3. The molecule has 1 atom stereocenters. The summed E-state index contributed by atoms with van der Waals surface area (Å²) in [5.41, 5.74) is 2.42. The number of carbonyl (C=O) groups is 2. The van der Waals surface area contributed by atoms with Crippen molar-refractivity contribution in [1.82, 2.24) is 9.59 Å². The molecule has 2 heterocycles. The molecule has 7 heteroatoms.